The molecule has 1 aromatic carbocycles. The van der Waals surface area contributed by atoms with Gasteiger partial charge in [-0.2, -0.15) is 0 Å². The van der Waals surface area contributed by atoms with Crippen molar-refractivity contribution in [2.75, 3.05) is 13.1 Å². The molecule has 0 aliphatic carbocycles. The molecule has 1 aromatic rings. The van der Waals surface area contributed by atoms with E-state index < -0.39 is 0 Å². The van der Waals surface area contributed by atoms with Crippen molar-refractivity contribution >= 4 is 0 Å². The molecule has 19 heavy (non-hydrogen) atoms. The summed E-state index contributed by atoms with van der Waals surface area (Å²) in [6, 6.07) is 10.5. The molecule has 1 N–H and O–H groups in total. The van der Waals surface area contributed by atoms with Gasteiger partial charge in [0.05, 0.1) is 0 Å². The molecule has 0 saturated carbocycles. The van der Waals surface area contributed by atoms with Crippen molar-refractivity contribution in [2.24, 2.45) is 0 Å². The monoisotopic (exact) mass is 260 g/mol. The van der Waals surface area contributed by atoms with Crippen LogP contribution in [-0.4, -0.2) is 30.1 Å². The molecule has 2 heteroatoms. The van der Waals surface area contributed by atoms with Crippen LogP contribution in [0.5, 0.6) is 0 Å². The van der Waals surface area contributed by atoms with Gasteiger partial charge in [-0.25, -0.2) is 0 Å². The number of nitrogens with zero attached hydrogens (tertiary/aromatic N) is 1. The summed E-state index contributed by atoms with van der Waals surface area (Å²) in [5.74, 6) is 0. The lowest BCUT2D eigenvalue weighted by Crippen LogP contribution is -2.55. The second-order valence-electron chi connectivity index (χ2n) is 5.67. The summed E-state index contributed by atoms with van der Waals surface area (Å²) in [6.07, 6.45) is 3.58. The molecule has 0 amide bonds. The summed E-state index contributed by atoms with van der Waals surface area (Å²) < 4.78 is 0. The first-order valence-electron chi connectivity index (χ1n) is 7.82. The molecule has 2 nitrogen and oxygen atoms in total. The number of rotatable bonds is 5. The van der Waals surface area contributed by atoms with Gasteiger partial charge < -0.3 is 5.32 Å². The van der Waals surface area contributed by atoms with Crippen LogP contribution in [0.4, 0.5) is 0 Å². The van der Waals surface area contributed by atoms with Crippen molar-refractivity contribution in [3.63, 3.8) is 0 Å². The van der Waals surface area contributed by atoms with Gasteiger partial charge in [0.25, 0.3) is 0 Å². The van der Waals surface area contributed by atoms with Gasteiger partial charge in [0, 0.05) is 31.7 Å². The van der Waals surface area contributed by atoms with E-state index >= 15 is 0 Å². The number of hydrogen-bond acceptors (Lipinski definition) is 2. The Morgan fingerprint density at radius 3 is 2.32 bits per heavy atom. The second-order valence-corrected chi connectivity index (χ2v) is 5.67. The minimum absolute atomic E-state index is 0.665. The molecule has 1 saturated heterocycles. The summed E-state index contributed by atoms with van der Waals surface area (Å²) >= 11 is 0. The molecule has 1 aliphatic rings. The Morgan fingerprint density at radius 1 is 1.05 bits per heavy atom. The summed E-state index contributed by atoms with van der Waals surface area (Å²) in [4.78, 5) is 2.66. The molecule has 1 aliphatic heterocycles. The Labute approximate surface area is 118 Å². The van der Waals surface area contributed by atoms with Gasteiger partial charge >= 0.3 is 0 Å². The minimum atomic E-state index is 0.665. The average Bonchev–Trinajstić information content (AvgIpc) is 2.48. The molecule has 2 atom stereocenters. The Bertz CT molecular complexity index is 371. The van der Waals surface area contributed by atoms with E-state index in [1.807, 2.05) is 0 Å². The van der Waals surface area contributed by atoms with E-state index in [-0.39, 0.29) is 0 Å². The maximum atomic E-state index is 3.66. The van der Waals surface area contributed by atoms with Gasteiger partial charge in [-0.05, 0) is 30.4 Å². The quantitative estimate of drug-likeness (QED) is 0.874. The van der Waals surface area contributed by atoms with E-state index in [9.17, 15) is 0 Å². The lowest BCUT2D eigenvalue weighted by molar-refractivity contribution is 0.117. The topological polar surface area (TPSA) is 15.3 Å². The van der Waals surface area contributed by atoms with E-state index in [1.165, 1.54) is 30.5 Å². The highest BCUT2D eigenvalue weighted by Gasteiger charge is 2.25. The van der Waals surface area contributed by atoms with Crippen molar-refractivity contribution < 1.29 is 0 Å². The zero-order chi connectivity index (χ0) is 13.7. The number of hydrogen-bond donors (Lipinski definition) is 1. The van der Waals surface area contributed by atoms with Gasteiger partial charge in [-0.15, -0.1) is 0 Å². The fourth-order valence-corrected chi connectivity index (χ4v) is 2.91. The fraction of sp³-hybridized carbons (Fsp3) is 0.647. The van der Waals surface area contributed by atoms with E-state index in [2.05, 4.69) is 55.3 Å². The first-order valence-corrected chi connectivity index (χ1v) is 7.82. The maximum Gasteiger partial charge on any atom is 0.0237 e. The van der Waals surface area contributed by atoms with Crippen LogP contribution in [-0.2, 0) is 13.0 Å². The standard InChI is InChI=1S/C17H28N2/c1-4-14-7-9-15(10-8-14)12-19-13-16(5-2)18-11-17(19)6-3/h7-10,16-18H,4-6,11-13H2,1-3H3. The molecular weight excluding hydrogens is 232 g/mol. The predicted molar refractivity (Wildman–Crippen MR) is 82.4 cm³/mol. The summed E-state index contributed by atoms with van der Waals surface area (Å²) in [7, 11) is 0. The van der Waals surface area contributed by atoms with Gasteiger partial charge in [0.15, 0.2) is 0 Å². The predicted octanol–water partition coefficient (Wildman–Crippen LogP) is 3.21. The number of piperazine rings is 1. The third kappa shape index (κ3) is 3.80. The molecule has 106 valence electrons. The highest BCUT2D eigenvalue weighted by Crippen LogP contribution is 2.16. The lowest BCUT2D eigenvalue weighted by Gasteiger charge is -2.40. The normalized spacial score (nSPS) is 24.6. The molecule has 2 rings (SSSR count). The van der Waals surface area contributed by atoms with Crippen LogP contribution in [0.2, 0.25) is 0 Å². The molecule has 1 fully saturated rings. The van der Waals surface area contributed by atoms with Crippen LogP contribution in [0, 0.1) is 0 Å². The lowest BCUT2D eigenvalue weighted by atomic mass is 10.0. The van der Waals surface area contributed by atoms with Crippen LogP contribution in [0.25, 0.3) is 0 Å². The summed E-state index contributed by atoms with van der Waals surface area (Å²) in [5, 5.41) is 3.66. The Kier molecular flexibility index (Phi) is 5.41. The third-order valence-corrected chi connectivity index (χ3v) is 4.39. The van der Waals surface area contributed by atoms with Crippen molar-refractivity contribution in [3.05, 3.63) is 35.4 Å². The van der Waals surface area contributed by atoms with Crippen molar-refractivity contribution in [1.29, 1.82) is 0 Å². The first kappa shape index (κ1) is 14.5. The number of benzene rings is 1. The Hall–Kier alpha value is -0.860. The van der Waals surface area contributed by atoms with Gasteiger partial charge in [0.2, 0.25) is 0 Å². The number of nitrogens with one attached hydrogen (secondary N) is 1. The first-order chi connectivity index (χ1) is 9.26. The van der Waals surface area contributed by atoms with Gasteiger partial charge in [0.1, 0.15) is 0 Å². The van der Waals surface area contributed by atoms with Gasteiger partial charge in [-0.3, -0.25) is 4.90 Å². The van der Waals surface area contributed by atoms with Crippen LogP contribution < -0.4 is 5.32 Å². The van der Waals surface area contributed by atoms with Crippen LogP contribution in [0.15, 0.2) is 24.3 Å². The molecule has 0 spiro atoms. The highest BCUT2D eigenvalue weighted by molar-refractivity contribution is 5.22. The van der Waals surface area contributed by atoms with Crippen LogP contribution >= 0.6 is 0 Å². The van der Waals surface area contributed by atoms with E-state index in [0.29, 0.717) is 12.1 Å². The van der Waals surface area contributed by atoms with E-state index in [4.69, 9.17) is 0 Å². The maximum absolute atomic E-state index is 3.66. The summed E-state index contributed by atoms with van der Waals surface area (Å²) in [5.41, 5.74) is 2.88. The van der Waals surface area contributed by atoms with Crippen molar-refractivity contribution in [1.82, 2.24) is 10.2 Å². The molecule has 0 aromatic heterocycles. The van der Waals surface area contributed by atoms with Crippen molar-refractivity contribution in [3.8, 4) is 0 Å². The molecular formula is C17H28N2. The largest absolute Gasteiger partial charge is 0.311 e. The third-order valence-electron chi connectivity index (χ3n) is 4.39. The molecule has 0 radical (unpaired) electrons. The second kappa shape index (κ2) is 7.06. The fourth-order valence-electron chi connectivity index (χ4n) is 2.91. The van der Waals surface area contributed by atoms with Crippen molar-refractivity contribution in [2.45, 2.75) is 58.7 Å². The summed E-state index contributed by atoms with van der Waals surface area (Å²) in [6.45, 7) is 10.2. The zero-order valence-electron chi connectivity index (χ0n) is 12.7. The molecule has 1 heterocycles. The zero-order valence-corrected chi connectivity index (χ0v) is 12.7. The number of aryl methyl sites for hydroxylation is 1. The molecule has 0 bridgehead atoms. The van der Waals surface area contributed by atoms with E-state index in [1.54, 1.807) is 0 Å². The Balaban J connectivity index is 2.01. The highest BCUT2D eigenvalue weighted by atomic mass is 15.2. The van der Waals surface area contributed by atoms with Gasteiger partial charge in [-0.1, -0.05) is 45.0 Å². The van der Waals surface area contributed by atoms with E-state index in [0.717, 1.165) is 19.5 Å². The minimum Gasteiger partial charge on any atom is -0.311 e. The van der Waals surface area contributed by atoms with Crippen LogP contribution in [0.3, 0.4) is 0 Å². The molecule has 2 unspecified atom stereocenters. The SMILES string of the molecule is CCc1ccc(CN2CC(CC)NCC2CC)cc1. The smallest absolute Gasteiger partial charge is 0.0237 e. The van der Waals surface area contributed by atoms with Crippen LogP contribution in [0.1, 0.15) is 44.7 Å². The Morgan fingerprint density at radius 2 is 1.74 bits per heavy atom. The average molecular weight is 260 g/mol.